The van der Waals surface area contributed by atoms with E-state index in [1.807, 2.05) is 11.4 Å². The molecule has 1 heterocycles. The molecule has 6 nitrogen and oxygen atoms in total. The molecule has 3 aromatic rings. The zero-order chi connectivity index (χ0) is 16.9. The first kappa shape index (κ1) is 15.8. The van der Waals surface area contributed by atoms with Gasteiger partial charge in [-0.3, -0.25) is 14.9 Å². The smallest absolute Gasteiger partial charge is 0.270 e. The number of carbonyl (C=O) groups is 1. The van der Waals surface area contributed by atoms with Gasteiger partial charge in [0.1, 0.15) is 5.01 Å². The van der Waals surface area contributed by atoms with Crippen LogP contribution in [0.15, 0.2) is 60.0 Å². The van der Waals surface area contributed by atoms with E-state index < -0.39 is 4.92 Å². The second kappa shape index (κ2) is 7.01. The average Bonchev–Trinajstić information content (AvgIpc) is 3.09. The lowest BCUT2D eigenvalue weighted by Crippen LogP contribution is -2.22. The molecule has 0 spiro atoms. The van der Waals surface area contributed by atoms with E-state index in [0.717, 1.165) is 5.01 Å². The van der Waals surface area contributed by atoms with Gasteiger partial charge in [-0.2, -0.15) is 0 Å². The van der Waals surface area contributed by atoms with E-state index >= 15 is 0 Å². The second-order valence-corrected chi connectivity index (χ2v) is 5.93. The normalized spacial score (nSPS) is 10.3. The summed E-state index contributed by atoms with van der Waals surface area (Å²) in [5.74, 6) is -0.164. The zero-order valence-corrected chi connectivity index (χ0v) is 13.3. The number of nitro benzene ring substituents is 1. The number of benzene rings is 2. The van der Waals surface area contributed by atoms with Gasteiger partial charge in [0.15, 0.2) is 0 Å². The quantitative estimate of drug-likeness (QED) is 0.568. The third kappa shape index (κ3) is 3.64. The summed E-state index contributed by atoms with van der Waals surface area (Å²) in [6.45, 7) is 0.313. The van der Waals surface area contributed by atoms with Gasteiger partial charge in [0.05, 0.1) is 17.2 Å². The zero-order valence-electron chi connectivity index (χ0n) is 12.5. The summed E-state index contributed by atoms with van der Waals surface area (Å²) in [5.41, 5.74) is 1.96. The van der Waals surface area contributed by atoms with Gasteiger partial charge in [-0.25, -0.2) is 4.98 Å². The van der Waals surface area contributed by atoms with Gasteiger partial charge in [0.25, 0.3) is 11.6 Å². The van der Waals surface area contributed by atoms with Gasteiger partial charge in [0, 0.05) is 28.6 Å². The van der Waals surface area contributed by atoms with Crippen LogP contribution < -0.4 is 5.32 Å². The van der Waals surface area contributed by atoms with Crippen molar-refractivity contribution >= 4 is 22.9 Å². The minimum absolute atomic E-state index is 0.0273. The van der Waals surface area contributed by atoms with E-state index in [1.54, 1.807) is 36.4 Å². The summed E-state index contributed by atoms with van der Waals surface area (Å²) in [6, 6.07) is 15.3. The van der Waals surface area contributed by atoms with Crippen LogP contribution in [0.25, 0.3) is 11.3 Å². The molecule has 0 aliphatic carbocycles. The SMILES string of the molecule is O=C(NCc1nc(-c2cccc([N+](=O)[O-])c2)cs1)c1ccccc1. The third-order valence-electron chi connectivity index (χ3n) is 3.34. The molecule has 0 radical (unpaired) electrons. The van der Waals surface area contributed by atoms with E-state index in [9.17, 15) is 14.9 Å². The molecule has 0 unspecified atom stereocenters. The van der Waals surface area contributed by atoms with Crippen LogP contribution in [-0.4, -0.2) is 15.8 Å². The molecule has 2 aromatic carbocycles. The maximum Gasteiger partial charge on any atom is 0.270 e. The van der Waals surface area contributed by atoms with E-state index in [1.165, 1.54) is 23.5 Å². The highest BCUT2D eigenvalue weighted by Crippen LogP contribution is 2.25. The van der Waals surface area contributed by atoms with Gasteiger partial charge >= 0.3 is 0 Å². The minimum atomic E-state index is -0.434. The van der Waals surface area contributed by atoms with Crippen molar-refractivity contribution in [2.24, 2.45) is 0 Å². The predicted octanol–water partition coefficient (Wildman–Crippen LogP) is 3.65. The fourth-order valence-electron chi connectivity index (χ4n) is 2.15. The Balaban J connectivity index is 1.69. The number of hydrogen-bond acceptors (Lipinski definition) is 5. The number of amides is 1. The molecule has 0 saturated heterocycles. The monoisotopic (exact) mass is 339 g/mol. The van der Waals surface area contributed by atoms with Crippen LogP contribution in [0.2, 0.25) is 0 Å². The first-order chi connectivity index (χ1) is 11.6. The lowest BCUT2D eigenvalue weighted by atomic mass is 10.1. The van der Waals surface area contributed by atoms with Crippen molar-refractivity contribution in [3.05, 3.63) is 80.7 Å². The van der Waals surface area contributed by atoms with Crippen molar-refractivity contribution in [3.8, 4) is 11.3 Å². The highest BCUT2D eigenvalue weighted by molar-refractivity contribution is 7.09. The van der Waals surface area contributed by atoms with Crippen molar-refractivity contribution in [2.45, 2.75) is 6.54 Å². The Bertz CT molecular complexity index is 878. The molecule has 120 valence electrons. The summed E-state index contributed by atoms with van der Waals surface area (Å²) < 4.78 is 0. The lowest BCUT2D eigenvalue weighted by Gasteiger charge is -2.02. The fraction of sp³-hybridized carbons (Fsp3) is 0.0588. The first-order valence-electron chi connectivity index (χ1n) is 7.16. The van der Waals surface area contributed by atoms with Crippen LogP contribution in [0, 0.1) is 10.1 Å². The second-order valence-electron chi connectivity index (χ2n) is 4.98. The first-order valence-corrected chi connectivity index (χ1v) is 8.04. The average molecular weight is 339 g/mol. The molecule has 0 aliphatic rings. The Morgan fingerprint density at radius 1 is 1.17 bits per heavy atom. The molecule has 3 rings (SSSR count). The standard InChI is InChI=1S/C17H13N3O3S/c21-17(12-5-2-1-3-6-12)18-10-16-19-15(11-24-16)13-7-4-8-14(9-13)20(22)23/h1-9,11H,10H2,(H,18,21). The molecule has 7 heteroatoms. The van der Waals surface area contributed by atoms with E-state index in [0.29, 0.717) is 23.4 Å². The molecule has 1 N–H and O–H groups in total. The fourth-order valence-corrected chi connectivity index (χ4v) is 2.89. The van der Waals surface area contributed by atoms with Crippen molar-refractivity contribution in [3.63, 3.8) is 0 Å². The molecular weight excluding hydrogens is 326 g/mol. The summed E-state index contributed by atoms with van der Waals surface area (Å²) in [7, 11) is 0. The Morgan fingerprint density at radius 2 is 1.96 bits per heavy atom. The van der Waals surface area contributed by atoms with Crippen molar-refractivity contribution < 1.29 is 9.72 Å². The topological polar surface area (TPSA) is 85.1 Å². The van der Waals surface area contributed by atoms with E-state index in [-0.39, 0.29) is 11.6 Å². The molecule has 0 saturated carbocycles. The highest BCUT2D eigenvalue weighted by atomic mass is 32.1. The largest absolute Gasteiger partial charge is 0.346 e. The van der Waals surface area contributed by atoms with E-state index in [4.69, 9.17) is 0 Å². The lowest BCUT2D eigenvalue weighted by molar-refractivity contribution is -0.384. The van der Waals surface area contributed by atoms with Crippen LogP contribution in [0.3, 0.4) is 0 Å². The van der Waals surface area contributed by atoms with Gasteiger partial charge in [-0.15, -0.1) is 11.3 Å². The van der Waals surface area contributed by atoms with Gasteiger partial charge in [-0.05, 0) is 12.1 Å². The third-order valence-corrected chi connectivity index (χ3v) is 4.19. The van der Waals surface area contributed by atoms with Crippen molar-refractivity contribution in [2.75, 3.05) is 0 Å². The molecular formula is C17H13N3O3S. The van der Waals surface area contributed by atoms with Gasteiger partial charge in [0.2, 0.25) is 0 Å². The molecule has 0 atom stereocenters. The highest BCUT2D eigenvalue weighted by Gasteiger charge is 2.11. The summed E-state index contributed by atoms with van der Waals surface area (Å²) in [4.78, 5) is 26.8. The van der Waals surface area contributed by atoms with Gasteiger partial charge in [-0.1, -0.05) is 30.3 Å². The molecule has 0 aliphatic heterocycles. The summed E-state index contributed by atoms with van der Waals surface area (Å²) >= 11 is 1.40. The number of nitro groups is 1. The number of thiazole rings is 1. The molecule has 1 aromatic heterocycles. The summed E-state index contributed by atoms with van der Waals surface area (Å²) in [6.07, 6.45) is 0. The predicted molar refractivity (Wildman–Crippen MR) is 91.8 cm³/mol. The van der Waals surface area contributed by atoms with E-state index in [2.05, 4.69) is 10.3 Å². The number of carbonyl (C=O) groups excluding carboxylic acids is 1. The Kier molecular flexibility index (Phi) is 4.62. The van der Waals surface area contributed by atoms with Crippen molar-refractivity contribution in [1.82, 2.24) is 10.3 Å². The summed E-state index contributed by atoms with van der Waals surface area (Å²) in [5, 5.41) is 16.2. The van der Waals surface area contributed by atoms with Crippen LogP contribution in [0.4, 0.5) is 5.69 Å². The number of hydrogen-bond donors (Lipinski definition) is 1. The van der Waals surface area contributed by atoms with Gasteiger partial charge < -0.3 is 5.32 Å². The number of nitrogens with zero attached hydrogens (tertiary/aromatic N) is 2. The molecule has 0 fully saturated rings. The Hall–Kier alpha value is -3.06. The Morgan fingerprint density at radius 3 is 2.71 bits per heavy atom. The number of aromatic nitrogens is 1. The molecule has 1 amide bonds. The maximum atomic E-state index is 12.0. The molecule has 24 heavy (non-hydrogen) atoms. The molecule has 0 bridgehead atoms. The maximum absolute atomic E-state index is 12.0. The number of non-ortho nitro benzene ring substituents is 1. The van der Waals surface area contributed by atoms with Crippen LogP contribution in [0.5, 0.6) is 0 Å². The number of nitrogens with one attached hydrogen (secondary N) is 1. The number of rotatable bonds is 5. The minimum Gasteiger partial charge on any atom is -0.346 e. The van der Waals surface area contributed by atoms with Crippen LogP contribution in [-0.2, 0) is 6.54 Å². The van der Waals surface area contributed by atoms with Crippen molar-refractivity contribution in [1.29, 1.82) is 0 Å². The Labute approximate surface area is 141 Å². The van der Waals surface area contributed by atoms with Crippen LogP contribution >= 0.6 is 11.3 Å². The van der Waals surface area contributed by atoms with Crippen LogP contribution in [0.1, 0.15) is 15.4 Å².